The van der Waals surface area contributed by atoms with Crippen LogP contribution in [0.3, 0.4) is 0 Å². The number of hydrogen-bond donors (Lipinski definition) is 3. The van der Waals surface area contributed by atoms with Gasteiger partial charge in [0, 0.05) is 122 Å². The van der Waals surface area contributed by atoms with Gasteiger partial charge in [-0.15, -0.1) is 11.8 Å². The van der Waals surface area contributed by atoms with E-state index in [4.69, 9.17) is 33.9 Å². The Bertz CT molecular complexity index is 5510. The van der Waals surface area contributed by atoms with Crippen LogP contribution in [0.15, 0.2) is 272 Å². The van der Waals surface area contributed by atoms with Crippen molar-refractivity contribution < 1.29 is 62.7 Å². The number of thioether (sulfide) groups is 1. The zero-order valence-corrected chi connectivity index (χ0v) is 91.2. The fourth-order valence-electron chi connectivity index (χ4n) is 19.9. The molecular weight excluding hydrogens is 1860 g/mol. The molecule has 4 heterocycles. The van der Waals surface area contributed by atoms with Gasteiger partial charge in [-0.1, -0.05) is 205 Å². The van der Waals surface area contributed by atoms with Gasteiger partial charge in [0.2, 0.25) is 0 Å². The molecule has 5 atom stereocenters. The van der Waals surface area contributed by atoms with Crippen LogP contribution in [0, 0.1) is 0 Å². The summed E-state index contributed by atoms with van der Waals surface area (Å²) >= 11 is 1.69. The quantitative estimate of drug-likeness (QED) is 0.0139. The number of carbonyl (C=O) groups excluding carboxylic acids is 6. The lowest BCUT2D eigenvalue weighted by atomic mass is 9.80. The number of anilines is 3. The normalized spacial score (nSPS) is 15.8. The molecule has 10 aromatic rings. The average Bonchev–Trinajstić information content (AvgIpc) is 1.02. The van der Waals surface area contributed by atoms with E-state index in [2.05, 4.69) is 149 Å². The van der Waals surface area contributed by atoms with Gasteiger partial charge in [-0.3, -0.25) is 63.1 Å². The number of aliphatic hydroxyl groups is 2. The van der Waals surface area contributed by atoms with E-state index < -0.39 is 27.7 Å². The van der Waals surface area contributed by atoms with Crippen LogP contribution in [0.5, 0.6) is 11.5 Å². The van der Waals surface area contributed by atoms with E-state index in [1.807, 2.05) is 267 Å². The zero-order chi connectivity index (χ0) is 106. The Hall–Kier alpha value is -11.1. The lowest BCUT2D eigenvalue weighted by molar-refractivity contribution is -0.143. The zero-order valence-electron chi connectivity index (χ0n) is 90.4. The van der Waals surface area contributed by atoms with E-state index >= 15 is 0 Å². The standard InChI is InChI=1S/C28H40N2O4.C23H30N2O2.C21H28N2O2.C21H27NO3.C15H21NO2S.C14H20N2.CH4/c1-5-28(29(2)3,22-23-12-8-6-9-13-23)27(33)24-15-17-25(18-16-24)30(4)19-21-34-26(32)14-10-7-11-20-31;1-4-23(24(2)3,18-19-8-6-5-7-9-19)22(26)20-10-12-21(13-11-20)25-14-16-27-17-15-25;1-4-21(23(2)3,16-17-8-6-5-7-9-17)20(25)18-10-12-19(13-11-18)22-14-15-24;1-6-21(22(2)3,15-16-10-8-7-9-11-16)20(23)17-12-13-18(24-4)19(14-17)25-5;1-15(2,16-8-10-18-11-9-16)14(17)12-4-6-13(19-3)7-5-12;1-2-6-13(7-3-1)12-16-11-5-10-15-9-4-8-14(15)16;/h6,8-9,12-13,15-18,31H,5,7,10-11,14,19-22H2,1-4H3;5-13H,4,14-18H2,1-3H3;5-13,22,24H,4,14-16H2,1-3H3;7-14H,6,15H2,1-5H3;4-7H,8-11H2,1-3H3;1-3,6-7,14H,4-5,8-12H2;1H4. The van der Waals surface area contributed by atoms with Crippen LogP contribution < -0.4 is 24.6 Å². The molecule has 4 saturated heterocycles. The summed E-state index contributed by atoms with van der Waals surface area (Å²) in [5.74, 6) is 1.70. The summed E-state index contributed by atoms with van der Waals surface area (Å²) in [6.45, 7) is 25.3. The number of ketones is 5. The van der Waals surface area contributed by atoms with Crippen LogP contribution in [0.1, 0.15) is 199 Å². The number of carbonyl (C=O) groups is 6. The highest BCUT2D eigenvalue weighted by Crippen LogP contribution is 2.37. The van der Waals surface area contributed by atoms with Crippen molar-refractivity contribution in [2.75, 3.05) is 204 Å². The molecule has 4 aliphatic heterocycles. The van der Waals surface area contributed by atoms with Crippen LogP contribution in [-0.4, -0.2) is 302 Å². The minimum Gasteiger partial charge on any atom is -0.493 e. The first kappa shape index (κ1) is 121. The second kappa shape index (κ2) is 61.8. The number of morpholine rings is 2. The molecule has 0 aromatic heterocycles. The fourth-order valence-corrected chi connectivity index (χ4v) is 20.3. The number of likely N-dealkylation sites (N-methyl/N-ethyl adjacent to an activating group) is 5. The van der Waals surface area contributed by atoms with Gasteiger partial charge in [0.1, 0.15) is 6.61 Å². The molecule has 0 amide bonds. The highest BCUT2D eigenvalue weighted by atomic mass is 32.2. The number of esters is 1. The van der Waals surface area contributed by atoms with Gasteiger partial charge in [0.05, 0.1) is 87.7 Å². The third-order valence-electron chi connectivity index (χ3n) is 29.4. The number of nitrogens with one attached hydrogen (secondary N) is 1. The number of nitrogens with zero attached hydrogens (tertiary/aromatic N) is 9. The summed E-state index contributed by atoms with van der Waals surface area (Å²) in [5.41, 5.74) is 9.91. The van der Waals surface area contributed by atoms with Crippen molar-refractivity contribution in [3.8, 4) is 11.5 Å². The summed E-state index contributed by atoms with van der Waals surface area (Å²) in [6, 6.07) is 88.1. The average molecular weight is 2030 g/mol. The summed E-state index contributed by atoms with van der Waals surface area (Å²) in [6.07, 6.45) is 15.1. The predicted molar refractivity (Wildman–Crippen MR) is 604 cm³/mol. The van der Waals surface area contributed by atoms with Crippen molar-refractivity contribution in [3.05, 3.63) is 323 Å². The lowest BCUT2D eigenvalue weighted by Crippen LogP contribution is -2.54. The Morgan fingerprint density at radius 2 is 0.816 bits per heavy atom. The summed E-state index contributed by atoms with van der Waals surface area (Å²) < 4.78 is 26.7. The number of aliphatic hydroxyl groups excluding tert-OH is 2. The van der Waals surface area contributed by atoms with E-state index in [1.165, 1.54) is 54.9 Å². The lowest BCUT2D eigenvalue weighted by Gasteiger charge is -2.40. The molecule has 0 spiro atoms. The maximum Gasteiger partial charge on any atom is 0.305 e. The number of hydrogen-bond acceptors (Lipinski definition) is 24. The largest absolute Gasteiger partial charge is 0.493 e. The molecule has 0 saturated carbocycles. The molecule has 24 heteroatoms. The minimum absolute atomic E-state index is 0. The van der Waals surface area contributed by atoms with Gasteiger partial charge in [-0.25, -0.2) is 0 Å². The molecule has 14 rings (SSSR count). The Balaban J connectivity index is 0.000000218. The first-order valence-electron chi connectivity index (χ1n) is 52.2. The molecule has 4 fully saturated rings. The van der Waals surface area contributed by atoms with E-state index in [-0.39, 0.29) is 55.5 Å². The number of benzene rings is 10. The van der Waals surface area contributed by atoms with E-state index in [0.29, 0.717) is 112 Å². The third kappa shape index (κ3) is 34.2. The minimum atomic E-state index is -0.611. The number of ether oxygens (including phenoxy) is 5. The molecule has 147 heavy (non-hydrogen) atoms. The molecule has 23 nitrogen and oxygen atoms in total. The molecule has 5 unspecified atom stereocenters. The smallest absolute Gasteiger partial charge is 0.305 e. The molecule has 10 aromatic carbocycles. The van der Waals surface area contributed by atoms with Crippen molar-refractivity contribution in [2.45, 2.75) is 191 Å². The summed E-state index contributed by atoms with van der Waals surface area (Å²) in [5, 5.41) is 20.8. The molecule has 3 N–H and O–H groups in total. The molecule has 0 bridgehead atoms. The maximum atomic E-state index is 13.7. The number of rotatable bonds is 45. The predicted octanol–water partition coefficient (Wildman–Crippen LogP) is 20.7. The van der Waals surface area contributed by atoms with Crippen LogP contribution in [0.4, 0.5) is 17.1 Å². The Kier molecular flexibility index (Phi) is 50.9. The topological polar surface area (TPSA) is 230 Å². The molecule has 4 aliphatic rings. The Labute approximate surface area is 884 Å². The first-order chi connectivity index (χ1) is 70.4. The summed E-state index contributed by atoms with van der Waals surface area (Å²) in [4.78, 5) is 99.8. The van der Waals surface area contributed by atoms with E-state index in [1.54, 1.807) is 38.1 Å². The van der Waals surface area contributed by atoms with Crippen LogP contribution in [0.2, 0.25) is 0 Å². The highest BCUT2D eigenvalue weighted by Gasteiger charge is 2.45. The molecule has 0 aliphatic carbocycles. The maximum absolute atomic E-state index is 13.7. The molecular formula is C123H170N10O13S. The molecule has 796 valence electrons. The Morgan fingerprint density at radius 3 is 1.22 bits per heavy atom. The van der Waals surface area contributed by atoms with Gasteiger partial charge in [0.15, 0.2) is 40.4 Å². The number of fused-ring (bicyclic) bond motifs is 1. The van der Waals surface area contributed by atoms with Crippen LogP contribution >= 0.6 is 11.8 Å². The molecule has 0 radical (unpaired) electrons. The first-order valence-corrected chi connectivity index (χ1v) is 53.4. The van der Waals surface area contributed by atoms with E-state index in [9.17, 15) is 28.8 Å². The number of Topliss-reactive ketones (excluding diaryl/α,β-unsaturated/α-hetero) is 5. The number of methoxy groups -OCH3 is 2. The van der Waals surface area contributed by atoms with Gasteiger partial charge in [-0.05, 0) is 297 Å². The van der Waals surface area contributed by atoms with Gasteiger partial charge in [0.25, 0.3) is 0 Å². The van der Waals surface area contributed by atoms with Crippen molar-refractivity contribution in [1.29, 1.82) is 0 Å². The SMILES string of the molecule is C.CCC(Cc1ccccc1)(C(=O)c1ccc(N(C)CCOC(=O)CCCCCO)cc1)N(C)C.CCC(Cc1ccccc1)(C(=O)c1ccc(N2CCOCC2)cc1)N(C)C.CCC(Cc1ccccc1)(C(=O)c1ccc(NCCO)cc1)N(C)C.CCC(Cc1ccccc1)(C(=O)c1ccc(OC)c(OC)c1)N(C)C.CSc1ccc(C(=O)C(C)(C)N2CCOCC2)cc1.c1ccc(CN2CCCN3CCCC32)cc1. The van der Waals surface area contributed by atoms with Crippen molar-refractivity contribution >= 4 is 63.7 Å². The number of unbranched alkanes of at least 4 members (excludes halogenated alkanes) is 2. The van der Waals surface area contributed by atoms with E-state index in [0.717, 1.165) is 123 Å². The van der Waals surface area contributed by atoms with Crippen molar-refractivity contribution in [3.63, 3.8) is 0 Å². The second-order valence-corrected chi connectivity index (χ2v) is 40.3. The fraction of sp³-hybridized carbons (Fsp3) is 0.463. The third-order valence-corrected chi connectivity index (χ3v) is 30.2. The van der Waals surface area contributed by atoms with Gasteiger partial charge >= 0.3 is 5.97 Å². The van der Waals surface area contributed by atoms with Crippen molar-refractivity contribution in [2.24, 2.45) is 0 Å². The highest BCUT2D eigenvalue weighted by molar-refractivity contribution is 7.98. The van der Waals surface area contributed by atoms with Gasteiger partial charge < -0.3 is 49.0 Å². The Morgan fingerprint density at radius 1 is 0.429 bits per heavy atom. The monoisotopic (exact) mass is 2030 g/mol. The summed E-state index contributed by atoms with van der Waals surface area (Å²) in [7, 11) is 20.9. The van der Waals surface area contributed by atoms with Crippen LogP contribution in [-0.2, 0) is 51.2 Å². The van der Waals surface area contributed by atoms with Crippen molar-refractivity contribution in [1.82, 2.24) is 34.3 Å². The van der Waals surface area contributed by atoms with Crippen LogP contribution in [0.25, 0.3) is 0 Å². The second-order valence-electron chi connectivity index (χ2n) is 39.4. The van der Waals surface area contributed by atoms with Gasteiger partial charge in [-0.2, -0.15) is 0 Å².